The second kappa shape index (κ2) is 6.33. The highest BCUT2D eigenvalue weighted by atomic mass is 16.5. The fourth-order valence-corrected chi connectivity index (χ4v) is 2.16. The lowest BCUT2D eigenvalue weighted by Gasteiger charge is -2.30. The van der Waals surface area contributed by atoms with Gasteiger partial charge in [0.25, 0.3) is 0 Å². The molecule has 5 heteroatoms. The highest BCUT2D eigenvalue weighted by molar-refractivity contribution is 6.02. The fraction of sp³-hybridized carbons (Fsp3) is 0.429. The first-order valence-electron chi connectivity index (χ1n) is 6.41. The van der Waals surface area contributed by atoms with E-state index in [2.05, 4.69) is 4.90 Å². The van der Waals surface area contributed by atoms with Gasteiger partial charge in [0.05, 0.1) is 13.2 Å². The molecule has 0 atom stereocenters. The largest absolute Gasteiger partial charge is 0.378 e. The maximum atomic E-state index is 12.1. The molecule has 0 bridgehead atoms. The van der Waals surface area contributed by atoms with E-state index in [1.54, 1.807) is 6.07 Å². The standard InChI is InChI=1S/C14H18N2O3/c15-14(18)6-5-13(17)11-3-1-2-4-12(11)16-7-9-19-10-8-16/h1-4H,5-10H2,(H2,15,18). The third-order valence-corrected chi connectivity index (χ3v) is 3.15. The van der Waals surface area contributed by atoms with Gasteiger partial charge in [-0.2, -0.15) is 0 Å². The lowest BCUT2D eigenvalue weighted by molar-refractivity contribution is -0.118. The van der Waals surface area contributed by atoms with Gasteiger partial charge in [-0.1, -0.05) is 12.1 Å². The third-order valence-electron chi connectivity index (χ3n) is 3.15. The monoisotopic (exact) mass is 262 g/mol. The molecule has 1 amide bonds. The maximum absolute atomic E-state index is 12.1. The molecule has 1 aromatic rings. The van der Waals surface area contributed by atoms with Crippen molar-refractivity contribution in [2.75, 3.05) is 31.2 Å². The summed E-state index contributed by atoms with van der Waals surface area (Å²) in [4.78, 5) is 25.1. The zero-order chi connectivity index (χ0) is 13.7. The number of Topliss-reactive ketones (excluding diaryl/α,β-unsaturated/α-hetero) is 1. The maximum Gasteiger partial charge on any atom is 0.217 e. The third kappa shape index (κ3) is 3.54. The van der Waals surface area contributed by atoms with E-state index in [1.165, 1.54) is 0 Å². The Morgan fingerprint density at radius 2 is 1.84 bits per heavy atom. The lowest BCUT2D eigenvalue weighted by atomic mass is 10.0. The van der Waals surface area contributed by atoms with Crippen molar-refractivity contribution in [3.8, 4) is 0 Å². The van der Waals surface area contributed by atoms with E-state index < -0.39 is 5.91 Å². The molecule has 1 aliphatic rings. The zero-order valence-corrected chi connectivity index (χ0v) is 10.8. The summed E-state index contributed by atoms with van der Waals surface area (Å²) < 4.78 is 5.31. The minimum Gasteiger partial charge on any atom is -0.378 e. The Balaban J connectivity index is 2.15. The molecule has 0 saturated carbocycles. The van der Waals surface area contributed by atoms with Crippen molar-refractivity contribution in [2.45, 2.75) is 12.8 Å². The van der Waals surface area contributed by atoms with Gasteiger partial charge in [0, 0.05) is 37.2 Å². The van der Waals surface area contributed by atoms with Crippen molar-refractivity contribution < 1.29 is 14.3 Å². The number of nitrogens with zero attached hydrogens (tertiary/aromatic N) is 1. The van der Waals surface area contributed by atoms with Crippen LogP contribution >= 0.6 is 0 Å². The van der Waals surface area contributed by atoms with E-state index in [-0.39, 0.29) is 18.6 Å². The predicted octanol–water partition coefficient (Wildman–Crippen LogP) is 0.971. The molecular formula is C14H18N2O3. The van der Waals surface area contributed by atoms with E-state index in [0.717, 1.165) is 18.8 Å². The fourth-order valence-electron chi connectivity index (χ4n) is 2.16. The number of hydrogen-bond acceptors (Lipinski definition) is 4. The summed E-state index contributed by atoms with van der Waals surface area (Å²) in [5, 5.41) is 0. The quantitative estimate of drug-likeness (QED) is 0.803. The van der Waals surface area contributed by atoms with Gasteiger partial charge < -0.3 is 15.4 Å². The topological polar surface area (TPSA) is 72.6 Å². The summed E-state index contributed by atoms with van der Waals surface area (Å²) in [5.74, 6) is -0.488. The molecular weight excluding hydrogens is 244 g/mol. The number of primary amides is 1. The van der Waals surface area contributed by atoms with Crippen LogP contribution in [-0.2, 0) is 9.53 Å². The number of para-hydroxylation sites is 1. The van der Waals surface area contributed by atoms with Gasteiger partial charge in [-0.05, 0) is 12.1 Å². The van der Waals surface area contributed by atoms with E-state index >= 15 is 0 Å². The summed E-state index contributed by atoms with van der Waals surface area (Å²) in [6.07, 6.45) is 0.257. The SMILES string of the molecule is NC(=O)CCC(=O)c1ccccc1N1CCOCC1. The van der Waals surface area contributed by atoms with E-state index in [0.29, 0.717) is 18.8 Å². The van der Waals surface area contributed by atoms with Crippen LogP contribution in [0.5, 0.6) is 0 Å². The van der Waals surface area contributed by atoms with Crippen LogP contribution in [0.15, 0.2) is 24.3 Å². The van der Waals surface area contributed by atoms with Crippen LogP contribution in [0.1, 0.15) is 23.2 Å². The number of nitrogens with two attached hydrogens (primary N) is 1. The molecule has 2 N–H and O–H groups in total. The van der Waals surface area contributed by atoms with Crippen LogP contribution < -0.4 is 10.6 Å². The number of anilines is 1. The number of morpholine rings is 1. The smallest absolute Gasteiger partial charge is 0.217 e. The molecule has 1 aliphatic heterocycles. The van der Waals surface area contributed by atoms with Gasteiger partial charge >= 0.3 is 0 Å². The Kier molecular flexibility index (Phi) is 4.52. The van der Waals surface area contributed by atoms with Gasteiger partial charge in [0.15, 0.2) is 5.78 Å². The number of hydrogen-bond donors (Lipinski definition) is 1. The van der Waals surface area contributed by atoms with Crippen molar-refractivity contribution in [1.82, 2.24) is 0 Å². The van der Waals surface area contributed by atoms with Crippen molar-refractivity contribution in [3.63, 3.8) is 0 Å². The van der Waals surface area contributed by atoms with Gasteiger partial charge in [0.1, 0.15) is 0 Å². The Morgan fingerprint density at radius 3 is 2.53 bits per heavy atom. The minimum atomic E-state index is -0.447. The van der Waals surface area contributed by atoms with E-state index in [1.807, 2.05) is 18.2 Å². The molecule has 0 unspecified atom stereocenters. The highest BCUT2D eigenvalue weighted by Crippen LogP contribution is 2.23. The number of amides is 1. The molecule has 1 saturated heterocycles. The summed E-state index contributed by atoms with van der Waals surface area (Å²) in [6, 6.07) is 7.48. The van der Waals surface area contributed by atoms with Gasteiger partial charge in [0.2, 0.25) is 5.91 Å². The minimum absolute atomic E-state index is 0.0408. The molecule has 0 spiro atoms. The Hall–Kier alpha value is -1.88. The number of carbonyl (C=O) groups is 2. The summed E-state index contributed by atoms with van der Waals surface area (Å²) in [5.41, 5.74) is 6.66. The van der Waals surface area contributed by atoms with E-state index in [9.17, 15) is 9.59 Å². The van der Waals surface area contributed by atoms with Crippen LogP contribution in [0, 0.1) is 0 Å². The average molecular weight is 262 g/mol. The molecule has 2 rings (SSSR count). The molecule has 1 fully saturated rings. The molecule has 19 heavy (non-hydrogen) atoms. The van der Waals surface area contributed by atoms with Crippen molar-refractivity contribution in [2.24, 2.45) is 5.73 Å². The molecule has 5 nitrogen and oxygen atoms in total. The van der Waals surface area contributed by atoms with Crippen LogP contribution in [-0.4, -0.2) is 38.0 Å². The second-order valence-electron chi connectivity index (χ2n) is 4.51. The van der Waals surface area contributed by atoms with Gasteiger partial charge in [-0.25, -0.2) is 0 Å². The van der Waals surface area contributed by atoms with E-state index in [4.69, 9.17) is 10.5 Å². The molecule has 0 aromatic heterocycles. The first-order valence-corrected chi connectivity index (χ1v) is 6.41. The number of rotatable bonds is 5. The lowest BCUT2D eigenvalue weighted by Crippen LogP contribution is -2.37. The Morgan fingerprint density at radius 1 is 1.16 bits per heavy atom. The average Bonchev–Trinajstić information content (AvgIpc) is 2.45. The number of benzene rings is 1. The zero-order valence-electron chi connectivity index (χ0n) is 10.8. The summed E-state index contributed by atoms with van der Waals surface area (Å²) in [7, 11) is 0. The first kappa shape index (κ1) is 13.5. The Bertz CT molecular complexity index is 468. The molecule has 102 valence electrons. The number of ketones is 1. The van der Waals surface area contributed by atoms with Crippen LogP contribution in [0.25, 0.3) is 0 Å². The second-order valence-corrected chi connectivity index (χ2v) is 4.51. The molecule has 0 radical (unpaired) electrons. The predicted molar refractivity (Wildman–Crippen MR) is 72.2 cm³/mol. The van der Waals surface area contributed by atoms with Gasteiger partial charge in [-0.15, -0.1) is 0 Å². The molecule has 0 aliphatic carbocycles. The van der Waals surface area contributed by atoms with Crippen molar-refractivity contribution in [3.05, 3.63) is 29.8 Å². The number of carbonyl (C=O) groups excluding carboxylic acids is 2. The van der Waals surface area contributed by atoms with Crippen LogP contribution in [0.3, 0.4) is 0 Å². The first-order chi connectivity index (χ1) is 9.18. The highest BCUT2D eigenvalue weighted by Gasteiger charge is 2.18. The van der Waals surface area contributed by atoms with Crippen LogP contribution in [0.4, 0.5) is 5.69 Å². The molecule has 1 aromatic carbocycles. The summed E-state index contributed by atoms with van der Waals surface area (Å²) >= 11 is 0. The van der Waals surface area contributed by atoms with Gasteiger partial charge in [-0.3, -0.25) is 9.59 Å². The van der Waals surface area contributed by atoms with Crippen molar-refractivity contribution >= 4 is 17.4 Å². The Labute approximate surface area is 112 Å². The summed E-state index contributed by atoms with van der Waals surface area (Å²) in [6.45, 7) is 2.90. The van der Waals surface area contributed by atoms with Crippen LogP contribution in [0.2, 0.25) is 0 Å². The number of ether oxygens (including phenoxy) is 1. The normalized spacial score (nSPS) is 15.3. The van der Waals surface area contributed by atoms with Crippen molar-refractivity contribution in [1.29, 1.82) is 0 Å². The molecule has 1 heterocycles.